The molecule has 0 aromatic rings. The number of hydrogen-bond acceptors (Lipinski definition) is 2. The van der Waals surface area contributed by atoms with Crippen molar-refractivity contribution in [3.8, 4) is 0 Å². The highest BCUT2D eigenvalue weighted by atomic mass is 16.3. The zero-order chi connectivity index (χ0) is 12.3. The minimum absolute atomic E-state index is 0.0123. The van der Waals surface area contributed by atoms with E-state index in [1.54, 1.807) is 0 Å². The van der Waals surface area contributed by atoms with E-state index in [1.165, 1.54) is 45.1 Å². The molecule has 2 saturated carbocycles. The van der Waals surface area contributed by atoms with E-state index in [1.807, 2.05) is 0 Å². The Kier molecular flexibility index (Phi) is 4.48. The Balaban J connectivity index is 1.63. The molecule has 0 aromatic heterocycles. The molecule has 17 heavy (non-hydrogen) atoms. The Labute approximate surface area is 106 Å². The number of aliphatic hydroxyl groups is 1. The summed E-state index contributed by atoms with van der Waals surface area (Å²) >= 11 is 0. The van der Waals surface area contributed by atoms with Crippen molar-refractivity contribution in [2.24, 2.45) is 11.3 Å². The van der Waals surface area contributed by atoms with E-state index in [-0.39, 0.29) is 6.10 Å². The average molecular weight is 239 g/mol. The summed E-state index contributed by atoms with van der Waals surface area (Å²) in [5, 5.41) is 13.2. The molecule has 0 aliphatic heterocycles. The van der Waals surface area contributed by atoms with Gasteiger partial charge in [-0.1, -0.05) is 13.8 Å². The van der Waals surface area contributed by atoms with E-state index in [2.05, 4.69) is 19.2 Å². The van der Waals surface area contributed by atoms with Gasteiger partial charge in [0, 0.05) is 6.04 Å². The van der Waals surface area contributed by atoms with Crippen LogP contribution in [0, 0.1) is 11.3 Å². The van der Waals surface area contributed by atoms with Crippen LogP contribution in [0.15, 0.2) is 0 Å². The van der Waals surface area contributed by atoms with Gasteiger partial charge in [-0.25, -0.2) is 0 Å². The summed E-state index contributed by atoms with van der Waals surface area (Å²) in [7, 11) is 0. The van der Waals surface area contributed by atoms with Crippen LogP contribution in [0.1, 0.15) is 65.2 Å². The Bertz CT molecular complexity index is 221. The summed E-state index contributed by atoms with van der Waals surface area (Å²) in [5.41, 5.74) is 0.577. The van der Waals surface area contributed by atoms with Crippen molar-refractivity contribution in [3.05, 3.63) is 0 Å². The molecule has 0 bridgehead atoms. The number of aliphatic hydroxyl groups excluding tert-OH is 1. The van der Waals surface area contributed by atoms with Crippen LogP contribution in [0.25, 0.3) is 0 Å². The quantitative estimate of drug-likeness (QED) is 0.793. The van der Waals surface area contributed by atoms with Gasteiger partial charge in [-0.2, -0.15) is 0 Å². The minimum Gasteiger partial charge on any atom is -0.393 e. The third-order valence-corrected chi connectivity index (χ3v) is 4.85. The van der Waals surface area contributed by atoms with Crippen LogP contribution < -0.4 is 5.32 Å². The first kappa shape index (κ1) is 13.4. The van der Waals surface area contributed by atoms with E-state index in [0.29, 0.717) is 5.41 Å². The van der Waals surface area contributed by atoms with Crippen molar-refractivity contribution < 1.29 is 5.11 Å². The molecule has 0 heterocycles. The minimum atomic E-state index is -0.0123. The fraction of sp³-hybridized carbons (Fsp3) is 1.00. The molecule has 2 nitrogen and oxygen atoms in total. The molecule has 2 heteroatoms. The largest absolute Gasteiger partial charge is 0.393 e. The molecular formula is C15H29NO. The Morgan fingerprint density at radius 1 is 1.00 bits per heavy atom. The molecule has 0 atom stereocenters. The fourth-order valence-corrected chi connectivity index (χ4v) is 3.29. The molecule has 0 radical (unpaired) electrons. The lowest BCUT2D eigenvalue weighted by molar-refractivity contribution is 0.106. The average Bonchev–Trinajstić information content (AvgIpc) is 2.30. The molecule has 2 rings (SSSR count). The van der Waals surface area contributed by atoms with Gasteiger partial charge in [0.05, 0.1) is 6.10 Å². The summed E-state index contributed by atoms with van der Waals surface area (Å²) < 4.78 is 0. The van der Waals surface area contributed by atoms with E-state index in [0.717, 1.165) is 24.8 Å². The van der Waals surface area contributed by atoms with Gasteiger partial charge in [0.2, 0.25) is 0 Å². The molecule has 2 aliphatic carbocycles. The lowest BCUT2D eigenvalue weighted by atomic mass is 9.75. The van der Waals surface area contributed by atoms with Crippen molar-refractivity contribution in [2.75, 3.05) is 6.54 Å². The standard InChI is InChI=1S/C15H29NO/c1-15(2)9-7-13(8-10-15)16-11-12-3-5-14(17)6-4-12/h12-14,16-17H,3-11H2,1-2H3. The van der Waals surface area contributed by atoms with Gasteiger partial charge in [0.15, 0.2) is 0 Å². The van der Waals surface area contributed by atoms with Crippen molar-refractivity contribution in [3.63, 3.8) is 0 Å². The lowest BCUT2D eigenvalue weighted by Crippen LogP contribution is -2.39. The van der Waals surface area contributed by atoms with Crippen LogP contribution in [-0.4, -0.2) is 23.8 Å². The summed E-state index contributed by atoms with van der Waals surface area (Å²) in [5.74, 6) is 0.813. The molecule has 0 unspecified atom stereocenters. The van der Waals surface area contributed by atoms with Gasteiger partial charge in [0.1, 0.15) is 0 Å². The second-order valence-electron chi connectivity index (χ2n) is 7.02. The smallest absolute Gasteiger partial charge is 0.0540 e. The molecule has 0 saturated heterocycles. The molecule has 0 aromatic carbocycles. The van der Waals surface area contributed by atoms with Gasteiger partial charge < -0.3 is 10.4 Å². The monoisotopic (exact) mass is 239 g/mol. The van der Waals surface area contributed by atoms with Crippen LogP contribution in [0.5, 0.6) is 0 Å². The van der Waals surface area contributed by atoms with Crippen LogP contribution in [0.4, 0.5) is 0 Å². The van der Waals surface area contributed by atoms with Gasteiger partial charge in [0.25, 0.3) is 0 Å². The number of nitrogens with one attached hydrogen (secondary N) is 1. The highest BCUT2D eigenvalue weighted by Crippen LogP contribution is 2.35. The summed E-state index contributed by atoms with van der Waals surface area (Å²) in [6.07, 6.45) is 9.89. The predicted octanol–water partition coefficient (Wildman–Crippen LogP) is 3.10. The predicted molar refractivity (Wildman–Crippen MR) is 72.0 cm³/mol. The third kappa shape index (κ3) is 4.26. The van der Waals surface area contributed by atoms with Gasteiger partial charge in [-0.05, 0) is 69.2 Å². The Morgan fingerprint density at radius 2 is 1.59 bits per heavy atom. The summed E-state index contributed by atoms with van der Waals surface area (Å²) in [6.45, 7) is 5.97. The van der Waals surface area contributed by atoms with Crippen LogP contribution in [0.3, 0.4) is 0 Å². The fourth-order valence-electron chi connectivity index (χ4n) is 3.29. The molecule has 0 amide bonds. The van der Waals surface area contributed by atoms with E-state index >= 15 is 0 Å². The van der Waals surface area contributed by atoms with Crippen molar-refractivity contribution in [1.82, 2.24) is 5.32 Å². The summed E-state index contributed by atoms with van der Waals surface area (Å²) in [4.78, 5) is 0. The maximum atomic E-state index is 9.48. The molecule has 0 spiro atoms. The van der Waals surface area contributed by atoms with E-state index in [4.69, 9.17) is 0 Å². The van der Waals surface area contributed by atoms with E-state index in [9.17, 15) is 5.11 Å². The first-order valence-electron chi connectivity index (χ1n) is 7.47. The molecule has 2 fully saturated rings. The first-order chi connectivity index (χ1) is 8.05. The maximum Gasteiger partial charge on any atom is 0.0540 e. The van der Waals surface area contributed by atoms with Crippen molar-refractivity contribution in [1.29, 1.82) is 0 Å². The van der Waals surface area contributed by atoms with Gasteiger partial charge in [-0.3, -0.25) is 0 Å². The molecule has 2 aliphatic rings. The molecular weight excluding hydrogens is 210 g/mol. The Hall–Kier alpha value is -0.0800. The normalized spacial score (nSPS) is 34.8. The molecule has 2 N–H and O–H groups in total. The zero-order valence-electron chi connectivity index (χ0n) is 11.5. The third-order valence-electron chi connectivity index (χ3n) is 4.85. The first-order valence-corrected chi connectivity index (χ1v) is 7.47. The van der Waals surface area contributed by atoms with Gasteiger partial charge in [-0.15, -0.1) is 0 Å². The van der Waals surface area contributed by atoms with Gasteiger partial charge >= 0.3 is 0 Å². The second-order valence-corrected chi connectivity index (χ2v) is 7.02. The summed E-state index contributed by atoms with van der Waals surface area (Å²) in [6, 6.07) is 0.759. The number of hydrogen-bond donors (Lipinski definition) is 2. The molecule has 100 valence electrons. The van der Waals surface area contributed by atoms with Crippen molar-refractivity contribution >= 4 is 0 Å². The van der Waals surface area contributed by atoms with Crippen LogP contribution >= 0.6 is 0 Å². The number of rotatable bonds is 3. The Morgan fingerprint density at radius 3 is 2.18 bits per heavy atom. The van der Waals surface area contributed by atoms with Crippen LogP contribution in [0.2, 0.25) is 0 Å². The topological polar surface area (TPSA) is 32.3 Å². The highest BCUT2D eigenvalue weighted by molar-refractivity contribution is 4.83. The zero-order valence-corrected chi connectivity index (χ0v) is 11.5. The lowest BCUT2D eigenvalue weighted by Gasteiger charge is -2.36. The van der Waals surface area contributed by atoms with E-state index < -0.39 is 0 Å². The highest BCUT2D eigenvalue weighted by Gasteiger charge is 2.27. The SMILES string of the molecule is CC1(C)CCC(NCC2CCC(O)CC2)CC1. The van der Waals surface area contributed by atoms with Crippen LogP contribution in [-0.2, 0) is 0 Å². The van der Waals surface area contributed by atoms with Crippen molar-refractivity contribution in [2.45, 2.75) is 77.4 Å². The second kappa shape index (κ2) is 5.71. The maximum absolute atomic E-state index is 9.48.